The van der Waals surface area contributed by atoms with Crippen LogP contribution in [0.5, 0.6) is 0 Å². The normalized spacial score (nSPS) is 21.3. The second-order valence-electron chi connectivity index (χ2n) is 8.79. The molecule has 0 bridgehead atoms. The minimum atomic E-state index is -0.316. The largest absolute Gasteiger partial charge is 0.350 e. The summed E-state index contributed by atoms with van der Waals surface area (Å²) in [5, 5.41) is 2.80. The van der Waals surface area contributed by atoms with E-state index in [9.17, 15) is 18.8 Å². The number of fused-ring (bicyclic) bond motifs is 1. The molecule has 5 nitrogen and oxygen atoms in total. The Morgan fingerprint density at radius 1 is 1.03 bits per heavy atom. The van der Waals surface area contributed by atoms with Gasteiger partial charge in [0.25, 0.3) is 5.91 Å². The zero-order valence-electron chi connectivity index (χ0n) is 17.7. The number of unbranched alkanes of at least 4 members (excludes halogenated alkanes) is 1. The first-order chi connectivity index (χ1) is 15.0. The first kappa shape index (κ1) is 21.5. The molecule has 0 unspecified atom stereocenters. The standard InChI is InChI=1S/C25H29FN2O3/c26-20-10-8-19(9-11-20)24(30)18-6-4-17(5-7-18)3-1-2-15-28-16-13-21-22(29)12-14-27-25(31)23(21)28/h8-11,13,16-18H,1-7,12,14-15H2,(H,27,31). The maximum absolute atomic E-state index is 13.1. The van der Waals surface area contributed by atoms with Crippen LogP contribution in [-0.4, -0.2) is 28.6 Å². The average molecular weight is 425 g/mol. The lowest BCUT2D eigenvalue weighted by atomic mass is 9.77. The third-order valence-electron chi connectivity index (χ3n) is 6.72. The summed E-state index contributed by atoms with van der Waals surface area (Å²) in [6.45, 7) is 1.13. The summed E-state index contributed by atoms with van der Waals surface area (Å²) in [7, 11) is 0. The summed E-state index contributed by atoms with van der Waals surface area (Å²) in [4.78, 5) is 37.0. The third kappa shape index (κ3) is 4.94. The molecule has 6 heteroatoms. The highest BCUT2D eigenvalue weighted by atomic mass is 19.1. The Bertz CT molecular complexity index is 956. The second kappa shape index (κ2) is 9.58. The zero-order chi connectivity index (χ0) is 21.8. The van der Waals surface area contributed by atoms with Crippen LogP contribution in [-0.2, 0) is 6.54 Å². The molecule has 1 aromatic heterocycles. The highest BCUT2D eigenvalue weighted by Crippen LogP contribution is 2.33. The van der Waals surface area contributed by atoms with E-state index in [2.05, 4.69) is 5.32 Å². The number of hydrogen-bond donors (Lipinski definition) is 1. The first-order valence-electron chi connectivity index (χ1n) is 11.3. The Hall–Kier alpha value is -2.76. The predicted octanol–water partition coefficient (Wildman–Crippen LogP) is 4.80. The van der Waals surface area contributed by atoms with Gasteiger partial charge in [0.15, 0.2) is 11.6 Å². The van der Waals surface area contributed by atoms with E-state index in [0.29, 0.717) is 35.7 Å². The Morgan fingerprint density at radius 2 is 1.77 bits per heavy atom. The van der Waals surface area contributed by atoms with Crippen molar-refractivity contribution in [3.8, 4) is 0 Å². The van der Waals surface area contributed by atoms with Crippen LogP contribution in [0.2, 0.25) is 0 Å². The monoisotopic (exact) mass is 424 g/mol. The molecule has 1 N–H and O–H groups in total. The Labute approximate surface area is 182 Å². The van der Waals surface area contributed by atoms with Crippen molar-refractivity contribution >= 4 is 17.5 Å². The molecule has 164 valence electrons. The Balaban J connectivity index is 1.22. The van der Waals surface area contributed by atoms with Gasteiger partial charge in [0.05, 0.1) is 0 Å². The first-order valence-corrected chi connectivity index (χ1v) is 11.3. The molecule has 0 radical (unpaired) electrons. The van der Waals surface area contributed by atoms with Crippen molar-refractivity contribution in [3.05, 3.63) is 59.2 Å². The molecule has 31 heavy (non-hydrogen) atoms. The van der Waals surface area contributed by atoms with E-state index in [1.54, 1.807) is 18.2 Å². The zero-order valence-corrected chi connectivity index (χ0v) is 17.7. The maximum Gasteiger partial charge on any atom is 0.268 e. The number of ketones is 2. The van der Waals surface area contributed by atoms with Crippen LogP contribution in [0.4, 0.5) is 4.39 Å². The van der Waals surface area contributed by atoms with Crippen LogP contribution >= 0.6 is 0 Å². The number of nitrogens with one attached hydrogen (secondary N) is 1. The molecule has 1 fully saturated rings. The molecule has 4 rings (SSSR count). The number of Topliss-reactive ketones (excluding diaryl/α,β-unsaturated/α-hetero) is 2. The fourth-order valence-electron chi connectivity index (χ4n) is 4.92. The molecule has 1 amide bonds. The number of benzene rings is 1. The lowest BCUT2D eigenvalue weighted by Crippen LogP contribution is -2.25. The van der Waals surface area contributed by atoms with E-state index in [0.717, 1.165) is 51.5 Å². The van der Waals surface area contributed by atoms with Gasteiger partial charge in [0.2, 0.25) is 0 Å². The highest BCUT2D eigenvalue weighted by Gasteiger charge is 2.27. The lowest BCUT2D eigenvalue weighted by Gasteiger charge is -2.27. The summed E-state index contributed by atoms with van der Waals surface area (Å²) < 4.78 is 15.0. The van der Waals surface area contributed by atoms with Gasteiger partial charge in [-0.2, -0.15) is 0 Å². The summed E-state index contributed by atoms with van der Waals surface area (Å²) in [6, 6.07) is 7.63. The van der Waals surface area contributed by atoms with Gasteiger partial charge in [-0.3, -0.25) is 14.4 Å². The Kier molecular flexibility index (Phi) is 6.64. The number of nitrogens with zero attached hydrogens (tertiary/aromatic N) is 1. The van der Waals surface area contributed by atoms with Crippen LogP contribution in [0.15, 0.2) is 36.5 Å². The maximum atomic E-state index is 13.1. The molecule has 2 aliphatic rings. The van der Waals surface area contributed by atoms with Crippen LogP contribution in [0.25, 0.3) is 0 Å². The summed E-state index contributed by atoms with van der Waals surface area (Å²) in [6.07, 6.45) is 9.23. The molecule has 1 aliphatic carbocycles. The molecule has 1 aliphatic heterocycles. The number of carbonyl (C=O) groups is 3. The predicted molar refractivity (Wildman–Crippen MR) is 116 cm³/mol. The van der Waals surface area contributed by atoms with E-state index in [1.165, 1.54) is 12.1 Å². The van der Waals surface area contributed by atoms with Gasteiger partial charge in [-0.1, -0.05) is 12.8 Å². The smallest absolute Gasteiger partial charge is 0.268 e. The minimum Gasteiger partial charge on any atom is -0.350 e. The number of carbonyl (C=O) groups excluding carboxylic acids is 3. The molecule has 0 atom stereocenters. The van der Waals surface area contributed by atoms with Crippen molar-refractivity contribution < 1.29 is 18.8 Å². The molecule has 0 saturated heterocycles. The fraction of sp³-hybridized carbons (Fsp3) is 0.480. The van der Waals surface area contributed by atoms with Crippen molar-refractivity contribution in [2.75, 3.05) is 6.54 Å². The van der Waals surface area contributed by atoms with Gasteiger partial charge in [0.1, 0.15) is 11.5 Å². The third-order valence-corrected chi connectivity index (χ3v) is 6.72. The van der Waals surface area contributed by atoms with Crippen LogP contribution < -0.4 is 5.32 Å². The fourth-order valence-corrected chi connectivity index (χ4v) is 4.92. The second-order valence-corrected chi connectivity index (χ2v) is 8.79. The molecule has 2 heterocycles. The van der Waals surface area contributed by atoms with Crippen LogP contribution in [0.3, 0.4) is 0 Å². The molecular weight excluding hydrogens is 395 g/mol. The number of amides is 1. The quantitative estimate of drug-likeness (QED) is 0.513. The van der Waals surface area contributed by atoms with Crippen molar-refractivity contribution in [2.24, 2.45) is 11.8 Å². The van der Waals surface area contributed by atoms with Gasteiger partial charge in [0, 0.05) is 42.8 Å². The molecular formula is C25H29FN2O3. The van der Waals surface area contributed by atoms with Crippen molar-refractivity contribution in [1.29, 1.82) is 0 Å². The van der Waals surface area contributed by atoms with E-state index in [-0.39, 0.29) is 29.2 Å². The van der Waals surface area contributed by atoms with Gasteiger partial charge in [-0.15, -0.1) is 0 Å². The number of aryl methyl sites for hydroxylation is 1. The molecule has 1 saturated carbocycles. The summed E-state index contributed by atoms with van der Waals surface area (Å²) >= 11 is 0. The summed E-state index contributed by atoms with van der Waals surface area (Å²) in [5.74, 6) is 0.370. The van der Waals surface area contributed by atoms with Gasteiger partial charge in [-0.05, 0) is 68.4 Å². The topological polar surface area (TPSA) is 68.2 Å². The number of rotatable bonds is 7. The van der Waals surface area contributed by atoms with Gasteiger partial charge >= 0.3 is 0 Å². The van der Waals surface area contributed by atoms with Crippen molar-refractivity contribution in [3.63, 3.8) is 0 Å². The number of aromatic nitrogens is 1. The van der Waals surface area contributed by atoms with E-state index in [4.69, 9.17) is 0 Å². The molecule has 2 aromatic rings. The molecule has 1 aromatic carbocycles. The number of hydrogen-bond acceptors (Lipinski definition) is 3. The van der Waals surface area contributed by atoms with Crippen LogP contribution in [0.1, 0.15) is 82.6 Å². The summed E-state index contributed by atoms with van der Waals surface area (Å²) in [5.41, 5.74) is 1.65. The van der Waals surface area contributed by atoms with Crippen LogP contribution in [0, 0.1) is 17.7 Å². The highest BCUT2D eigenvalue weighted by molar-refractivity contribution is 6.09. The minimum absolute atomic E-state index is 0.0269. The van der Waals surface area contributed by atoms with Crippen molar-refractivity contribution in [2.45, 2.75) is 57.9 Å². The number of halogens is 1. The van der Waals surface area contributed by atoms with Gasteiger partial charge in [-0.25, -0.2) is 4.39 Å². The van der Waals surface area contributed by atoms with E-state index in [1.807, 2.05) is 10.8 Å². The lowest BCUT2D eigenvalue weighted by molar-refractivity contribution is 0.0867. The van der Waals surface area contributed by atoms with Crippen molar-refractivity contribution in [1.82, 2.24) is 9.88 Å². The molecule has 0 spiro atoms. The van der Waals surface area contributed by atoms with E-state index < -0.39 is 0 Å². The van der Waals surface area contributed by atoms with E-state index >= 15 is 0 Å². The average Bonchev–Trinajstić information content (AvgIpc) is 3.15. The Morgan fingerprint density at radius 3 is 2.52 bits per heavy atom. The van der Waals surface area contributed by atoms with Gasteiger partial charge < -0.3 is 9.88 Å². The SMILES string of the molecule is O=C1CCNC(=O)c2c1ccn2CCCCC1CCC(C(=O)c2ccc(F)cc2)CC1.